The van der Waals surface area contributed by atoms with Crippen LogP contribution in [0.25, 0.3) is 0 Å². The highest BCUT2D eigenvalue weighted by Crippen LogP contribution is 2.26. The predicted octanol–water partition coefficient (Wildman–Crippen LogP) is 2.63. The second kappa shape index (κ2) is 5.24. The Morgan fingerprint density at radius 3 is 2.19 bits per heavy atom. The van der Waals surface area contributed by atoms with Gasteiger partial charge in [0.15, 0.2) is 17.5 Å². The molecule has 4 nitrogen and oxygen atoms in total. The molecule has 0 aliphatic carbocycles. The third kappa shape index (κ3) is 2.77. The Bertz CT molecular complexity index is 789. The molecule has 2 aromatic rings. The molecule has 0 aliphatic heterocycles. The number of benzene rings is 2. The van der Waals surface area contributed by atoms with E-state index in [1.165, 1.54) is 6.07 Å². The maximum atomic E-state index is 13.6. The fourth-order valence-electron chi connectivity index (χ4n) is 1.61. The SMILES string of the molecule is Nc1cccc(F)c1S(=O)(=O)Nc1ccc(F)c(F)c1F. The molecule has 0 radical (unpaired) electrons. The predicted molar refractivity (Wildman–Crippen MR) is 67.9 cm³/mol. The van der Waals surface area contributed by atoms with Gasteiger partial charge >= 0.3 is 0 Å². The molecule has 9 heteroatoms. The Morgan fingerprint density at radius 2 is 1.57 bits per heavy atom. The number of rotatable bonds is 3. The molecule has 0 saturated carbocycles. The monoisotopic (exact) mass is 320 g/mol. The van der Waals surface area contributed by atoms with Crippen LogP contribution in [0.4, 0.5) is 28.9 Å². The van der Waals surface area contributed by atoms with Crippen LogP contribution in [0.15, 0.2) is 35.2 Å². The van der Waals surface area contributed by atoms with Gasteiger partial charge in [0.25, 0.3) is 10.0 Å². The second-order valence-corrected chi connectivity index (χ2v) is 5.61. The topological polar surface area (TPSA) is 72.2 Å². The molecule has 21 heavy (non-hydrogen) atoms. The van der Waals surface area contributed by atoms with Crippen LogP contribution >= 0.6 is 0 Å². The highest BCUT2D eigenvalue weighted by Gasteiger charge is 2.24. The molecule has 0 spiro atoms. The van der Waals surface area contributed by atoms with Gasteiger partial charge in [0.05, 0.1) is 11.4 Å². The molecule has 0 saturated heterocycles. The standard InChI is InChI=1S/C12H8F4N2O2S/c13-6-4-5-9(11(16)10(6)15)18-21(19,20)12-7(14)2-1-3-8(12)17/h1-5,18H,17H2. The van der Waals surface area contributed by atoms with Crippen molar-refractivity contribution in [2.45, 2.75) is 4.90 Å². The van der Waals surface area contributed by atoms with E-state index in [9.17, 15) is 26.0 Å². The molecular formula is C12H8F4N2O2S. The number of halogens is 4. The first-order chi connectivity index (χ1) is 9.74. The van der Waals surface area contributed by atoms with Gasteiger partial charge in [0, 0.05) is 0 Å². The van der Waals surface area contributed by atoms with Crippen molar-refractivity contribution >= 4 is 21.4 Å². The number of sulfonamides is 1. The first kappa shape index (κ1) is 15.1. The maximum Gasteiger partial charge on any atom is 0.266 e. The van der Waals surface area contributed by atoms with E-state index in [1.807, 2.05) is 0 Å². The summed E-state index contributed by atoms with van der Waals surface area (Å²) in [6.07, 6.45) is 0. The highest BCUT2D eigenvalue weighted by molar-refractivity contribution is 7.92. The van der Waals surface area contributed by atoms with E-state index >= 15 is 0 Å². The van der Waals surface area contributed by atoms with Crippen LogP contribution in [-0.2, 0) is 10.0 Å². The van der Waals surface area contributed by atoms with E-state index in [0.717, 1.165) is 12.1 Å². The van der Waals surface area contributed by atoms with E-state index in [2.05, 4.69) is 0 Å². The summed E-state index contributed by atoms with van der Waals surface area (Å²) >= 11 is 0. The van der Waals surface area contributed by atoms with Crippen molar-refractivity contribution in [3.8, 4) is 0 Å². The molecular weight excluding hydrogens is 312 g/mol. The van der Waals surface area contributed by atoms with Gasteiger partial charge in [-0.15, -0.1) is 0 Å². The molecule has 3 N–H and O–H groups in total. The van der Waals surface area contributed by atoms with Crippen LogP contribution in [0.5, 0.6) is 0 Å². The molecule has 0 heterocycles. The first-order valence-corrected chi connectivity index (χ1v) is 6.92. The molecule has 0 aromatic heterocycles. The second-order valence-electron chi connectivity index (χ2n) is 3.99. The van der Waals surface area contributed by atoms with Gasteiger partial charge in [0.2, 0.25) is 0 Å². The summed E-state index contributed by atoms with van der Waals surface area (Å²) in [6, 6.07) is 4.34. The van der Waals surface area contributed by atoms with Gasteiger partial charge in [-0.3, -0.25) is 4.72 Å². The number of nitrogen functional groups attached to an aromatic ring is 1. The summed E-state index contributed by atoms with van der Waals surface area (Å²) in [5.41, 5.74) is 4.09. The van der Waals surface area contributed by atoms with Gasteiger partial charge in [-0.2, -0.15) is 0 Å². The number of hydrogen-bond acceptors (Lipinski definition) is 3. The summed E-state index contributed by atoms with van der Waals surface area (Å²) in [5.74, 6) is -6.24. The lowest BCUT2D eigenvalue weighted by molar-refractivity contribution is 0.449. The third-order valence-electron chi connectivity index (χ3n) is 2.55. The van der Waals surface area contributed by atoms with E-state index < -0.39 is 49.6 Å². The Kier molecular flexibility index (Phi) is 3.77. The largest absolute Gasteiger partial charge is 0.398 e. The van der Waals surface area contributed by atoms with Crippen molar-refractivity contribution in [1.82, 2.24) is 0 Å². The molecule has 0 aliphatic rings. The molecule has 0 fully saturated rings. The van der Waals surface area contributed by atoms with Crippen molar-refractivity contribution in [2.24, 2.45) is 0 Å². The van der Waals surface area contributed by atoms with Crippen molar-refractivity contribution in [3.05, 3.63) is 53.6 Å². The van der Waals surface area contributed by atoms with Crippen molar-refractivity contribution < 1.29 is 26.0 Å². The van der Waals surface area contributed by atoms with Crippen LogP contribution in [0.1, 0.15) is 0 Å². The van der Waals surface area contributed by atoms with Crippen molar-refractivity contribution in [1.29, 1.82) is 0 Å². The normalized spacial score (nSPS) is 11.4. The smallest absolute Gasteiger partial charge is 0.266 e. The maximum absolute atomic E-state index is 13.6. The van der Waals surface area contributed by atoms with Crippen LogP contribution in [0.3, 0.4) is 0 Å². The van der Waals surface area contributed by atoms with Crippen LogP contribution in [0.2, 0.25) is 0 Å². The van der Waals surface area contributed by atoms with E-state index in [0.29, 0.717) is 12.1 Å². The minimum Gasteiger partial charge on any atom is -0.398 e. The fraction of sp³-hybridized carbons (Fsp3) is 0. The van der Waals surface area contributed by atoms with Crippen LogP contribution < -0.4 is 10.5 Å². The van der Waals surface area contributed by atoms with E-state index in [1.54, 1.807) is 4.72 Å². The molecule has 112 valence electrons. The summed E-state index contributed by atoms with van der Waals surface area (Å²) in [4.78, 5) is -0.908. The lowest BCUT2D eigenvalue weighted by Crippen LogP contribution is -2.17. The molecule has 2 rings (SSSR count). The zero-order chi connectivity index (χ0) is 15.8. The Morgan fingerprint density at radius 1 is 0.905 bits per heavy atom. The molecule has 0 atom stereocenters. The first-order valence-electron chi connectivity index (χ1n) is 5.44. The van der Waals surface area contributed by atoms with Crippen molar-refractivity contribution in [3.63, 3.8) is 0 Å². The molecule has 2 aromatic carbocycles. The zero-order valence-corrected chi connectivity index (χ0v) is 11.0. The Labute approximate surface area is 117 Å². The minimum atomic E-state index is -4.61. The average Bonchev–Trinajstić information content (AvgIpc) is 2.39. The number of anilines is 2. The fourth-order valence-corrected chi connectivity index (χ4v) is 2.86. The highest BCUT2D eigenvalue weighted by atomic mass is 32.2. The summed E-state index contributed by atoms with van der Waals surface area (Å²) < 4.78 is 78.4. The van der Waals surface area contributed by atoms with Crippen LogP contribution in [-0.4, -0.2) is 8.42 Å². The quantitative estimate of drug-likeness (QED) is 0.519. The summed E-state index contributed by atoms with van der Waals surface area (Å²) in [5, 5.41) is 0. The van der Waals surface area contributed by atoms with Gasteiger partial charge in [-0.1, -0.05) is 6.07 Å². The van der Waals surface area contributed by atoms with Gasteiger partial charge < -0.3 is 5.73 Å². The van der Waals surface area contributed by atoms with Crippen LogP contribution in [0, 0.1) is 23.3 Å². The Hall–Kier alpha value is -2.29. The van der Waals surface area contributed by atoms with Gasteiger partial charge in [0.1, 0.15) is 10.7 Å². The van der Waals surface area contributed by atoms with Crippen molar-refractivity contribution in [2.75, 3.05) is 10.5 Å². The molecule has 0 amide bonds. The number of nitrogens with two attached hydrogens (primary N) is 1. The summed E-state index contributed by atoms with van der Waals surface area (Å²) in [6.45, 7) is 0. The minimum absolute atomic E-state index is 0.412. The lowest BCUT2D eigenvalue weighted by Gasteiger charge is -2.11. The summed E-state index contributed by atoms with van der Waals surface area (Å²) in [7, 11) is -4.61. The van der Waals surface area contributed by atoms with E-state index in [4.69, 9.17) is 5.73 Å². The third-order valence-corrected chi connectivity index (χ3v) is 4.00. The van der Waals surface area contributed by atoms with E-state index in [-0.39, 0.29) is 0 Å². The molecule has 0 bridgehead atoms. The number of nitrogens with one attached hydrogen (secondary N) is 1. The Balaban J connectivity index is 2.51. The average molecular weight is 320 g/mol. The lowest BCUT2D eigenvalue weighted by atomic mass is 10.3. The zero-order valence-electron chi connectivity index (χ0n) is 10.2. The van der Waals surface area contributed by atoms with Gasteiger partial charge in [-0.05, 0) is 24.3 Å². The molecule has 0 unspecified atom stereocenters. The number of hydrogen-bond donors (Lipinski definition) is 2. The van der Waals surface area contributed by atoms with Gasteiger partial charge in [-0.25, -0.2) is 26.0 Å².